The van der Waals surface area contributed by atoms with Gasteiger partial charge in [-0.15, -0.1) is 0 Å². The molecular weight excluding hydrogens is 508 g/mol. The number of hydrogen-bond donors (Lipinski definition) is 1. The summed E-state index contributed by atoms with van der Waals surface area (Å²) >= 11 is 0. The first-order valence-corrected chi connectivity index (χ1v) is 12.6. The summed E-state index contributed by atoms with van der Waals surface area (Å²) in [4.78, 5) is 55.0. The quantitative estimate of drug-likeness (QED) is 0.282. The second kappa shape index (κ2) is 11.0. The van der Waals surface area contributed by atoms with Crippen LogP contribution in [0.4, 0.5) is 17.1 Å². The molecule has 10 nitrogen and oxygen atoms in total. The summed E-state index contributed by atoms with van der Waals surface area (Å²) in [7, 11) is 6.73. The predicted octanol–water partition coefficient (Wildman–Crippen LogP) is 3.80. The molecule has 0 saturated carbocycles. The number of benzene rings is 3. The van der Waals surface area contributed by atoms with Crippen LogP contribution in [0.2, 0.25) is 0 Å². The molecule has 1 atom stereocenters. The summed E-state index contributed by atoms with van der Waals surface area (Å²) in [6.45, 7) is 0.291. The van der Waals surface area contributed by atoms with E-state index in [9.17, 15) is 14.4 Å². The molecule has 0 aliphatic carbocycles. The summed E-state index contributed by atoms with van der Waals surface area (Å²) in [5, 5.41) is 2.89. The maximum atomic E-state index is 13.4. The van der Waals surface area contributed by atoms with E-state index in [0.29, 0.717) is 45.8 Å². The van der Waals surface area contributed by atoms with Crippen molar-refractivity contribution in [2.75, 3.05) is 45.0 Å². The Morgan fingerprint density at radius 3 is 2.33 bits per heavy atom. The number of methoxy groups -OCH3 is 1. The van der Waals surface area contributed by atoms with Crippen molar-refractivity contribution in [3.8, 4) is 0 Å². The Kier molecular flexibility index (Phi) is 7.35. The van der Waals surface area contributed by atoms with Crippen molar-refractivity contribution >= 4 is 51.6 Å². The van der Waals surface area contributed by atoms with Crippen molar-refractivity contribution in [3.05, 3.63) is 89.7 Å². The molecule has 1 unspecified atom stereocenters. The molecule has 0 radical (unpaired) electrons. The van der Waals surface area contributed by atoms with Crippen LogP contribution in [0.1, 0.15) is 27.4 Å². The number of fused-ring (bicyclic) bond motifs is 2. The monoisotopic (exact) mass is 536 g/mol. The maximum Gasteiger partial charge on any atom is 0.337 e. The van der Waals surface area contributed by atoms with E-state index in [1.54, 1.807) is 42.5 Å². The van der Waals surface area contributed by atoms with Gasteiger partial charge in [0.05, 0.1) is 41.7 Å². The van der Waals surface area contributed by atoms with E-state index >= 15 is 0 Å². The number of nitrogens with zero attached hydrogens (tertiary/aromatic N) is 5. The molecule has 202 valence electrons. The molecule has 0 spiro atoms. The van der Waals surface area contributed by atoms with Crippen LogP contribution in [-0.2, 0) is 14.3 Å². The van der Waals surface area contributed by atoms with Crippen molar-refractivity contribution in [2.45, 2.75) is 5.92 Å². The topological polar surface area (TPSA) is 117 Å². The van der Waals surface area contributed by atoms with E-state index in [2.05, 4.69) is 15.3 Å². The zero-order valence-electron chi connectivity index (χ0n) is 22.6. The number of aliphatic imine (C=N–C) groups is 1. The molecule has 1 N–H and O–H groups in total. The van der Waals surface area contributed by atoms with Gasteiger partial charge in [-0.25, -0.2) is 4.79 Å². The van der Waals surface area contributed by atoms with Crippen LogP contribution in [0.3, 0.4) is 0 Å². The normalized spacial score (nSPS) is 14.7. The second-order valence-electron chi connectivity index (χ2n) is 9.68. The minimum absolute atomic E-state index is 0.0372. The summed E-state index contributed by atoms with van der Waals surface area (Å²) in [6, 6.07) is 17.8. The fourth-order valence-electron chi connectivity index (χ4n) is 4.61. The number of amides is 2. The van der Waals surface area contributed by atoms with Gasteiger partial charge in [0, 0.05) is 30.8 Å². The third-order valence-electron chi connectivity index (χ3n) is 6.66. The number of aromatic nitrogens is 2. The fourth-order valence-corrected chi connectivity index (χ4v) is 4.61. The molecule has 1 aliphatic rings. The lowest BCUT2D eigenvalue weighted by atomic mass is 9.90. The number of anilines is 2. The highest BCUT2D eigenvalue weighted by Crippen LogP contribution is 2.37. The van der Waals surface area contributed by atoms with Gasteiger partial charge in [0.2, 0.25) is 11.8 Å². The number of rotatable bonds is 7. The summed E-state index contributed by atoms with van der Waals surface area (Å²) in [5.41, 5.74) is 5.52. The number of nitrogens with one attached hydrogen (secondary N) is 1. The highest BCUT2D eigenvalue weighted by Gasteiger charge is 2.36. The van der Waals surface area contributed by atoms with Gasteiger partial charge in [0.15, 0.2) is 0 Å². The largest absolute Gasteiger partial charge is 0.465 e. The van der Waals surface area contributed by atoms with Gasteiger partial charge >= 0.3 is 5.97 Å². The van der Waals surface area contributed by atoms with Gasteiger partial charge < -0.3 is 19.9 Å². The molecule has 4 aromatic rings. The number of carbonyl (C=O) groups excluding carboxylic acids is 3. The zero-order valence-corrected chi connectivity index (χ0v) is 22.6. The molecule has 2 heterocycles. The first-order chi connectivity index (χ1) is 19.2. The third-order valence-corrected chi connectivity index (χ3v) is 6.66. The molecule has 2 amide bonds. The Morgan fingerprint density at radius 1 is 0.925 bits per heavy atom. The van der Waals surface area contributed by atoms with Gasteiger partial charge in [0.25, 0.3) is 0 Å². The van der Waals surface area contributed by atoms with Gasteiger partial charge in [-0.05, 0) is 73.8 Å². The Bertz CT molecular complexity index is 1650. The van der Waals surface area contributed by atoms with E-state index in [-0.39, 0.29) is 11.8 Å². The number of ether oxygens (including phenoxy) is 1. The summed E-state index contributed by atoms with van der Waals surface area (Å²) < 4.78 is 4.83. The molecule has 10 heteroatoms. The molecule has 1 aliphatic heterocycles. The van der Waals surface area contributed by atoms with Crippen LogP contribution in [0, 0.1) is 0 Å². The second-order valence-corrected chi connectivity index (χ2v) is 9.68. The molecule has 3 aromatic carbocycles. The number of esters is 1. The van der Waals surface area contributed by atoms with Crippen LogP contribution in [-0.4, -0.2) is 73.2 Å². The molecule has 5 rings (SSSR count). The molecule has 0 saturated heterocycles. The number of carbonyl (C=O) groups is 3. The molecular formula is C30H28N6O4. The third kappa shape index (κ3) is 5.29. The SMILES string of the molecule is COC(=O)c1ccc2c(c1)NC(=O)C2C(=Nc1ccc(N(C)C(=O)CN(C)C)cc1)c1ccc2nccnc2c1. The van der Waals surface area contributed by atoms with Gasteiger partial charge in [0.1, 0.15) is 5.92 Å². The van der Waals surface area contributed by atoms with Crippen LogP contribution >= 0.6 is 0 Å². The molecule has 0 bridgehead atoms. The van der Waals surface area contributed by atoms with Crippen LogP contribution in [0.15, 0.2) is 78.0 Å². The van der Waals surface area contributed by atoms with Crippen LogP contribution in [0.25, 0.3) is 11.0 Å². The maximum absolute atomic E-state index is 13.4. The van der Waals surface area contributed by atoms with Crippen molar-refractivity contribution in [1.82, 2.24) is 14.9 Å². The van der Waals surface area contributed by atoms with Crippen LogP contribution in [0.5, 0.6) is 0 Å². The minimum atomic E-state index is -0.736. The smallest absolute Gasteiger partial charge is 0.337 e. The van der Waals surface area contributed by atoms with E-state index in [1.807, 2.05) is 61.5 Å². The highest BCUT2D eigenvalue weighted by atomic mass is 16.5. The van der Waals surface area contributed by atoms with E-state index in [4.69, 9.17) is 9.73 Å². The van der Waals surface area contributed by atoms with Crippen LogP contribution < -0.4 is 10.2 Å². The standard InChI is InChI=1S/C30H28N6O4/c1-35(2)17-26(37)36(3)21-9-7-20(8-10-21)33-28(18-6-12-23-25(15-18)32-14-13-31-23)27-22-11-5-19(30(39)40-4)16-24(22)34-29(27)38/h5-16,27H,17H2,1-4H3,(H,34,38). The minimum Gasteiger partial charge on any atom is -0.465 e. The Balaban J connectivity index is 1.58. The van der Waals surface area contributed by atoms with E-state index in [0.717, 1.165) is 11.2 Å². The highest BCUT2D eigenvalue weighted by molar-refractivity contribution is 6.24. The van der Waals surface area contributed by atoms with Crippen molar-refractivity contribution in [3.63, 3.8) is 0 Å². The average molecular weight is 537 g/mol. The van der Waals surface area contributed by atoms with E-state index < -0.39 is 11.9 Å². The Morgan fingerprint density at radius 2 is 1.62 bits per heavy atom. The Labute approximate surface area is 231 Å². The molecule has 0 fully saturated rings. The van der Waals surface area contributed by atoms with Crippen molar-refractivity contribution < 1.29 is 19.1 Å². The van der Waals surface area contributed by atoms with Crippen molar-refractivity contribution in [1.29, 1.82) is 0 Å². The lowest BCUT2D eigenvalue weighted by Crippen LogP contribution is -2.34. The average Bonchev–Trinajstić information content (AvgIpc) is 3.29. The lowest BCUT2D eigenvalue weighted by molar-refractivity contribution is -0.119. The van der Waals surface area contributed by atoms with Crippen molar-refractivity contribution in [2.24, 2.45) is 4.99 Å². The fraction of sp³-hybridized carbons (Fsp3) is 0.200. The first kappa shape index (κ1) is 26.6. The Hall–Kier alpha value is -4.96. The first-order valence-electron chi connectivity index (χ1n) is 12.6. The van der Waals surface area contributed by atoms with Gasteiger partial charge in [-0.3, -0.25) is 24.5 Å². The van der Waals surface area contributed by atoms with Gasteiger partial charge in [-0.1, -0.05) is 12.1 Å². The summed E-state index contributed by atoms with van der Waals surface area (Å²) in [5.74, 6) is -1.53. The predicted molar refractivity (Wildman–Crippen MR) is 153 cm³/mol. The molecule has 1 aromatic heterocycles. The zero-order chi connectivity index (χ0) is 28.4. The molecule has 40 heavy (non-hydrogen) atoms. The lowest BCUT2D eigenvalue weighted by Gasteiger charge is -2.20. The van der Waals surface area contributed by atoms with E-state index in [1.165, 1.54) is 7.11 Å². The van der Waals surface area contributed by atoms with Gasteiger partial charge in [-0.2, -0.15) is 0 Å². The summed E-state index contributed by atoms with van der Waals surface area (Å²) in [6.07, 6.45) is 3.24. The number of likely N-dealkylation sites (N-methyl/N-ethyl adjacent to an activating group) is 2. The number of hydrogen-bond acceptors (Lipinski definition) is 8.